The molecule has 1 aromatic heterocycles. The van der Waals surface area contributed by atoms with Crippen LogP contribution in [0.3, 0.4) is 0 Å². The fourth-order valence-electron chi connectivity index (χ4n) is 4.85. The van der Waals surface area contributed by atoms with E-state index in [1.165, 1.54) is 0 Å². The summed E-state index contributed by atoms with van der Waals surface area (Å²) in [5, 5.41) is 1.88. The van der Waals surface area contributed by atoms with Crippen LogP contribution in [0.15, 0.2) is 121 Å². The molecule has 174 valence electrons. The lowest BCUT2D eigenvalue weighted by molar-refractivity contribution is 0.100. The molecule has 0 aliphatic rings. The van der Waals surface area contributed by atoms with Gasteiger partial charge in [0.1, 0.15) is 11.5 Å². The second-order valence-electron chi connectivity index (χ2n) is 8.77. The summed E-state index contributed by atoms with van der Waals surface area (Å²) in [6.07, 6.45) is 0. The third kappa shape index (κ3) is 3.89. The molecular formula is C32H24N2O2. The zero-order valence-electron chi connectivity index (χ0n) is 19.6. The van der Waals surface area contributed by atoms with E-state index in [-0.39, 0.29) is 0 Å². The number of benzene rings is 5. The largest absolute Gasteiger partial charge is 0.457 e. The Morgan fingerprint density at radius 1 is 0.694 bits per heavy atom. The summed E-state index contributed by atoms with van der Waals surface area (Å²) in [5.74, 6) is 1.15. The zero-order valence-corrected chi connectivity index (χ0v) is 19.6. The van der Waals surface area contributed by atoms with Crippen molar-refractivity contribution in [2.24, 2.45) is 5.73 Å². The molecule has 2 N–H and O–H groups in total. The fourth-order valence-corrected chi connectivity index (χ4v) is 4.85. The van der Waals surface area contributed by atoms with Crippen LogP contribution in [0.25, 0.3) is 32.9 Å². The third-order valence-electron chi connectivity index (χ3n) is 6.54. The Morgan fingerprint density at radius 2 is 1.42 bits per heavy atom. The van der Waals surface area contributed by atoms with E-state index in [1.54, 1.807) is 6.07 Å². The first-order chi connectivity index (χ1) is 17.7. The van der Waals surface area contributed by atoms with Gasteiger partial charge in [-0.15, -0.1) is 0 Å². The van der Waals surface area contributed by atoms with Gasteiger partial charge in [-0.3, -0.25) is 4.79 Å². The molecule has 0 saturated heterocycles. The molecule has 6 aromatic rings. The number of amides is 1. The molecule has 0 spiro atoms. The van der Waals surface area contributed by atoms with Crippen molar-refractivity contribution in [3.8, 4) is 22.6 Å². The van der Waals surface area contributed by atoms with Crippen molar-refractivity contribution in [2.75, 3.05) is 0 Å². The molecule has 5 aromatic carbocycles. The summed E-state index contributed by atoms with van der Waals surface area (Å²) < 4.78 is 8.50. The maximum Gasteiger partial charge on any atom is 0.249 e. The smallest absolute Gasteiger partial charge is 0.249 e. The molecule has 0 aliphatic heterocycles. The number of para-hydroxylation sites is 2. The number of ether oxygens (including phenoxy) is 1. The first kappa shape index (κ1) is 21.7. The number of primary amides is 1. The number of nitrogens with two attached hydrogens (primary N) is 1. The molecular weight excluding hydrogens is 444 g/mol. The van der Waals surface area contributed by atoms with E-state index in [9.17, 15) is 4.79 Å². The van der Waals surface area contributed by atoms with Crippen LogP contribution in [0, 0.1) is 0 Å². The standard InChI is InChI=1S/C32H24N2O2/c33-32(35)27-15-9-16-28-31(27)26-19-18-23(22-10-3-1-4-11-22)20-29(26)34(28)21-24-12-7-8-17-30(24)36-25-13-5-2-6-14-25/h1-20H,21H2,(H2,33,35). The van der Waals surface area contributed by atoms with Gasteiger partial charge >= 0.3 is 0 Å². The minimum atomic E-state index is -0.431. The van der Waals surface area contributed by atoms with E-state index in [4.69, 9.17) is 10.5 Å². The molecule has 0 atom stereocenters. The maximum absolute atomic E-state index is 12.4. The second-order valence-corrected chi connectivity index (χ2v) is 8.77. The molecule has 6 rings (SSSR count). The first-order valence-electron chi connectivity index (χ1n) is 11.9. The van der Waals surface area contributed by atoms with E-state index in [1.807, 2.05) is 78.9 Å². The number of carbonyl (C=O) groups excluding carboxylic acids is 1. The van der Waals surface area contributed by atoms with Gasteiger partial charge < -0.3 is 15.0 Å². The van der Waals surface area contributed by atoms with Crippen molar-refractivity contribution in [1.29, 1.82) is 0 Å². The lowest BCUT2D eigenvalue weighted by atomic mass is 10.0. The minimum absolute atomic E-state index is 0.431. The predicted molar refractivity (Wildman–Crippen MR) is 145 cm³/mol. The molecule has 0 aliphatic carbocycles. The lowest BCUT2D eigenvalue weighted by Crippen LogP contribution is -2.11. The van der Waals surface area contributed by atoms with Crippen LogP contribution < -0.4 is 10.5 Å². The van der Waals surface area contributed by atoms with Gasteiger partial charge in [0.25, 0.3) is 0 Å². The SMILES string of the molecule is NC(=O)c1cccc2c1c1ccc(-c3ccccc3)cc1n2Cc1ccccc1Oc1ccccc1. The minimum Gasteiger partial charge on any atom is -0.457 e. The van der Waals surface area contributed by atoms with E-state index in [2.05, 4.69) is 41.0 Å². The first-order valence-corrected chi connectivity index (χ1v) is 11.9. The highest BCUT2D eigenvalue weighted by molar-refractivity contribution is 6.18. The van der Waals surface area contributed by atoms with Crippen molar-refractivity contribution >= 4 is 27.7 Å². The van der Waals surface area contributed by atoms with Gasteiger partial charge in [0.15, 0.2) is 0 Å². The van der Waals surface area contributed by atoms with Gasteiger partial charge in [0.05, 0.1) is 17.6 Å². The summed E-state index contributed by atoms with van der Waals surface area (Å²) in [6.45, 7) is 0.573. The number of fused-ring (bicyclic) bond motifs is 3. The molecule has 1 amide bonds. The summed E-state index contributed by atoms with van der Waals surface area (Å²) in [5.41, 5.74) is 11.6. The average Bonchev–Trinajstić information content (AvgIpc) is 3.23. The monoisotopic (exact) mass is 468 g/mol. The third-order valence-corrected chi connectivity index (χ3v) is 6.54. The van der Waals surface area contributed by atoms with Crippen LogP contribution >= 0.6 is 0 Å². The summed E-state index contributed by atoms with van der Waals surface area (Å²) in [4.78, 5) is 12.4. The highest BCUT2D eigenvalue weighted by Crippen LogP contribution is 2.36. The summed E-state index contributed by atoms with van der Waals surface area (Å²) in [6, 6.07) is 40.3. The normalized spacial score (nSPS) is 11.1. The molecule has 0 radical (unpaired) electrons. The summed E-state index contributed by atoms with van der Waals surface area (Å²) in [7, 11) is 0. The number of nitrogens with zero attached hydrogens (tertiary/aromatic N) is 1. The molecule has 0 bridgehead atoms. The van der Waals surface area contributed by atoms with Gasteiger partial charge in [-0.1, -0.05) is 84.9 Å². The summed E-state index contributed by atoms with van der Waals surface area (Å²) >= 11 is 0. The van der Waals surface area contributed by atoms with Crippen LogP contribution in [-0.2, 0) is 6.54 Å². The van der Waals surface area contributed by atoms with E-state index >= 15 is 0 Å². The number of carbonyl (C=O) groups is 1. The molecule has 4 heteroatoms. The number of rotatable bonds is 6. The zero-order chi connectivity index (χ0) is 24.5. The van der Waals surface area contributed by atoms with Gasteiger partial charge in [0.2, 0.25) is 5.91 Å². The van der Waals surface area contributed by atoms with Crippen molar-refractivity contribution in [2.45, 2.75) is 6.54 Å². The average molecular weight is 469 g/mol. The Hall–Kier alpha value is -4.83. The van der Waals surface area contributed by atoms with Gasteiger partial charge in [0, 0.05) is 21.9 Å². The number of hydrogen-bond donors (Lipinski definition) is 1. The van der Waals surface area contributed by atoms with Crippen molar-refractivity contribution in [3.63, 3.8) is 0 Å². The Kier molecular flexibility index (Phi) is 5.47. The van der Waals surface area contributed by atoms with Crippen molar-refractivity contribution in [1.82, 2.24) is 4.57 Å². The van der Waals surface area contributed by atoms with Crippen LogP contribution in [0.4, 0.5) is 0 Å². The Morgan fingerprint density at radius 3 is 2.19 bits per heavy atom. The number of hydrogen-bond acceptors (Lipinski definition) is 2. The van der Waals surface area contributed by atoms with Crippen molar-refractivity contribution < 1.29 is 9.53 Å². The van der Waals surface area contributed by atoms with E-state index in [0.717, 1.165) is 50.0 Å². The quantitative estimate of drug-likeness (QED) is 0.277. The van der Waals surface area contributed by atoms with Crippen LogP contribution in [-0.4, -0.2) is 10.5 Å². The number of aromatic nitrogens is 1. The highest BCUT2D eigenvalue weighted by Gasteiger charge is 2.18. The topological polar surface area (TPSA) is 57.2 Å². The second kappa shape index (κ2) is 9.08. The molecule has 0 saturated carbocycles. The van der Waals surface area contributed by atoms with Gasteiger partial charge in [-0.05, 0) is 47.5 Å². The Balaban J connectivity index is 1.55. The predicted octanol–water partition coefficient (Wildman–Crippen LogP) is 7.40. The molecule has 0 unspecified atom stereocenters. The van der Waals surface area contributed by atoms with Crippen LogP contribution in [0.2, 0.25) is 0 Å². The van der Waals surface area contributed by atoms with Gasteiger partial charge in [-0.2, -0.15) is 0 Å². The molecule has 0 fully saturated rings. The van der Waals surface area contributed by atoms with Crippen LogP contribution in [0.1, 0.15) is 15.9 Å². The fraction of sp³-hybridized carbons (Fsp3) is 0.0312. The maximum atomic E-state index is 12.4. The lowest BCUT2D eigenvalue weighted by Gasteiger charge is -2.14. The van der Waals surface area contributed by atoms with Crippen molar-refractivity contribution in [3.05, 3.63) is 132 Å². The van der Waals surface area contributed by atoms with E-state index < -0.39 is 5.91 Å². The van der Waals surface area contributed by atoms with E-state index in [0.29, 0.717) is 12.1 Å². The molecule has 1 heterocycles. The molecule has 4 nitrogen and oxygen atoms in total. The molecule has 36 heavy (non-hydrogen) atoms. The Labute approximate surface area is 209 Å². The van der Waals surface area contributed by atoms with Gasteiger partial charge in [-0.25, -0.2) is 0 Å². The highest BCUT2D eigenvalue weighted by atomic mass is 16.5. The van der Waals surface area contributed by atoms with Crippen LogP contribution in [0.5, 0.6) is 11.5 Å². The Bertz CT molecular complexity index is 1700.